The molecule has 0 atom stereocenters. The third-order valence-electron chi connectivity index (χ3n) is 4.13. The number of hydrogen-bond acceptors (Lipinski definition) is 5. The number of para-hydroxylation sites is 1. The van der Waals surface area contributed by atoms with Crippen LogP contribution < -0.4 is 10.9 Å². The Hall–Kier alpha value is -3.19. The molecule has 0 bridgehead atoms. The lowest BCUT2D eigenvalue weighted by Crippen LogP contribution is -2.14. The van der Waals surface area contributed by atoms with E-state index in [2.05, 4.69) is 20.0 Å². The van der Waals surface area contributed by atoms with Gasteiger partial charge in [-0.15, -0.1) is 0 Å². The fourth-order valence-corrected chi connectivity index (χ4v) is 2.96. The smallest absolute Gasteiger partial charge is 0.339 e. The summed E-state index contributed by atoms with van der Waals surface area (Å²) in [5, 5.41) is 3.50. The lowest BCUT2D eigenvalue weighted by atomic mass is 10.1. The molecular weight excluding hydrogens is 382 g/mol. The van der Waals surface area contributed by atoms with Gasteiger partial charge in [0, 0.05) is 18.5 Å². The van der Waals surface area contributed by atoms with Crippen molar-refractivity contribution in [1.29, 1.82) is 0 Å². The SMILES string of the molecule is COC(=O)c1cc(NC(=O)CCCc2nc3ccccc3c(=O)[nH]2)ccc1Cl. The minimum absolute atomic E-state index is 0.180. The average molecular weight is 400 g/mol. The number of amides is 1. The molecule has 0 saturated carbocycles. The summed E-state index contributed by atoms with van der Waals surface area (Å²) >= 11 is 5.96. The maximum Gasteiger partial charge on any atom is 0.339 e. The molecule has 7 nitrogen and oxygen atoms in total. The number of aromatic nitrogens is 2. The highest BCUT2D eigenvalue weighted by molar-refractivity contribution is 6.33. The Morgan fingerprint density at radius 3 is 2.79 bits per heavy atom. The molecule has 0 aliphatic rings. The standard InChI is InChI=1S/C20H18ClN3O4/c1-28-20(27)14-11-12(9-10-15(14)21)22-18(25)8-4-7-17-23-16-6-3-2-5-13(16)19(26)24-17/h2-3,5-6,9-11H,4,7-8H2,1H3,(H,22,25)(H,23,24,26). The highest BCUT2D eigenvalue weighted by atomic mass is 35.5. The molecule has 3 aromatic rings. The number of aromatic amines is 1. The van der Waals surface area contributed by atoms with Crippen LogP contribution in [-0.2, 0) is 16.0 Å². The van der Waals surface area contributed by atoms with E-state index in [1.54, 1.807) is 24.3 Å². The van der Waals surface area contributed by atoms with Gasteiger partial charge in [0.25, 0.3) is 5.56 Å². The molecule has 3 rings (SSSR count). The molecule has 0 fully saturated rings. The van der Waals surface area contributed by atoms with Gasteiger partial charge in [-0.2, -0.15) is 0 Å². The Morgan fingerprint density at radius 2 is 2.00 bits per heavy atom. The van der Waals surface area contributed by atoms with Gasteiger partial charge in [0.05, 0.1) is 28.6 Å². The van der Waals surface area contributed by atoms with Crippen LogP contribution in [0.25, 0.3) is 10.9 Å². The molecule has 1 aromatic heterocycles. The first kappa shape index (κ1) is 19.6. The van der Waals surface area contributed by atoms with Crippen LogP contribution in [0.3, 0.4) is 0 Å². The number of hydrogen-bond donors (Lipinski definition) is 2. The number of carbonyl (C=O) groups is 2. The average Bonchev–Trinajstić information content (AvgIpc) is 2.69. The van der Waals surface area contributed by atoms with Crippen molar-refractivity contribution in [3.05, 3.63) is 69.2 Å². The summed E-state index contributed by atoms with van der Waals surface area (Å²) in [4.78, 5) is 43.0. The zero-order valence-electron chi connectivity index (χ0n) is 15.1. The third-order valence-corrected chi connectivity index (χ3v) is 4.46. The van der Waals surface area contributed by atoms with Crippen molar-refractivity contribution in [1.82, 2.24) is 9.97 Å². The number of ether oxygens (including phenoxy) is 1. The predicted octanol–water partition coefficient (Wildman–Crippen LogP) is 3.32. The molecular formula is C20H18ClN3O4. The molecule has 0 radical (unpaired) electrons. The molecule has 0 aliphatic heterocycles. The molecule has 0 unspecified atom stereocenters. The van der Waals surface area contributed by atoms with Crippen molar-refractivity contribution in [2.45, 2.75) is 19.3 Å². The van der Waals surface area contributed by atoms with E-state index in [1.807, 2.05) is 6.07 Å². The summed E-state index contributed by atoms with van der Waals surface area (Å²) < 4.78 is 4.66. The van der Waals surface area contributed by atoms with Gasteiger partial charge in [0.2, 0.25) is 5.91 Å². The number of halogens is 1. The normalized spacial score (nSPS) is 10.6. The number of methoxy groups -OCH3 is 1. The summed E-state index contributed by atoms with van der Waals surface area (Å²) in [6.07, 6.45) is 1.19. The number of aryl methyl sites for hydroxylation is 1. The van der Waals surface area contributed by atoms with E-state index >= 15 is 0 Å². The molecule has 8 heteroatoms. The topological polar surface area (TPSA) is 101 Å². The van der Waals surface area contributed by atoms with E-state index in [9.17, 15) is 14.4 Å². The first-order valence-corrected chi connectivity index (χ1v) is 9.01. The second-order valence-electron chi connectivity index (χ2n) is 6.12. The van der Waals surface area contributed by atoms with Crippen LogP contribution in [-0.4, -0.2) is 29.0 Å². The van der Waals surface area contributed by atoms with Crippen LogP contribution in [0.5, 0.6) is 0 Å². The van der Waals surface area contributed by atoms with Crippen molar-refractivity contribution in [2.75, 3.05) is 12.4 Å². The lowest BCUT2D eigenvalue weighted by molar-refractivity contribution is -0.116. The Kier molecular flexibility index (Phi) is 6.06. The number of fused-ring (bicyclic) bond motifs is 1. The number of carbonyl (C=O) groups excluding carboxylic acids is 2. The minimum Gasteiger partial charge on any atom is -0.465 e. The Morgan fingerprint density at radius 1 is 1.21 bits per heavy atom. The summed E-state index contributed by atoms with van der Waals surface area (Å²) in [5.41, 5.74) is 1.07. The van der Waals surface area contributed by atoms with Gasteiger partial charge in [0.15, 0.2) is 0 Å². The van der Waals surface area contributed by atoms with Crippen LogP contribution in [0.2, 0.25) is 5.02 Å². The molecule has 0 spiro atoms. The number of benzene rings is 2. The van der Waals surface area contributed by atoms with Crippen molar-refractivity contribution < 1.29 is 14.3 Å². The quantitative estimate of drug-likeness (QED) is 0.619. The molecule has 2 aromatic carbocycles. The molecule has 1 heterocycles. The van der Waals surface area contributed by atoms with Crippen LogP contribution >= 0.6 is 11.6 Å². The maximum absolute atomic E-state index is 12.2. The van der Waals surface area contributed by atoms with Gasteiger partial charge >= 0.3 is 5.97 Å². The second kappa shape index (κ2) is 8.67. The first-order chi connectivity index (χ1) is 13.5. The molecule has 0 aliphatic carbocycles. The van der Waals surface area contributed by atoms with Gasteiger partial charge in [-0.3, -0.25) is 9.59 Å². The van der Waals surface area contributed by atoms with E-state index in [0.717, 1.165) is 0 Å². The predicted molar refractivity (Wildman–Crippen MR) is 107 cm³/mol. The van der Waals surface area contributed by atoms with Crippen LogP contribution in [0.4, 0.5) is 5.69 Å². The van der Waals surface area contributed by atoms with E-state index in [-0.39, 0.29) is 28.5 Å². The molecule has 2 N–H and O–H groups in total. The number of nitrogens with one attached hydrogen (secondary N) is 2. The van der Waals surface area contributed by atoms with Crippen LogP contribution in [0.1, 0.15) is 29.0 Å². The van der Waals surface area contributed by atoms with Crippen molar-refractivity contribution in [3.8, 4) is 0 Å². The van der Waals surface area contributed by atoms with E-state index < -0.39 is 5.97 Å². The third kappa shape index (κ3) is 4.55. The van der Waals surface area contributed by atoms with Gasteiger partial charge in [-0.25, -0.2) is 9.78 Å². The van der Waals surface area contributed by atoms with Gasteiger partial charge < -0.3 is 15.0 Å². The molecule has 28 heavy (non-hydrogen) atoms. The Labute approximate surface area is 165 Å². The zero-order valence-corrected chi connectivity index (χ0v) is 15.9. The number of anilines is 1. The Balaban J connectivity index is 1.59. The lowest BCUT2D eigenvalue weighted by Gasteiger charge is -2.08. The van der Waals surface area contributed by atoms with E-state index in [0.29, 0.717) is 35.3 Å². The first-order valence-electron chi connectivity index (χ1n) is 8.63. The van der Waals surface area contributed by atoms with Crippen molar-refractivity contribution in [3.63, 3.8) is 0 Å². The highest BCUT2D eigenvalue weighted by Crippen LogP contribution is 2.21. The van der Waals surface area contributed by atoms with Crippen LogP contribution in [0.15, 0.2) is 47.3 Å². The van der Waals surface area contributed by atoms with E-state index in [4.69, 9.17) is 11.6 Å². The van der Waals surface area contributed by atoms with Gasteiger partial charge in [0.1, 0.15) is 5.82 Å². The maximum atomic E-state index is 12.2. The number of H-pyrrole nitrogens is 1. The Bertz CT molecular complexity index is 1090. The number of nitrogens with zero attached hydrogens (tertiary/aromatic N) is 1. The van der Waals surface area contributed by atoms with Crippen molar-refractivity contribution >= 4 is 40.1 Å². The van der Waals surface area contributed by atoms with Crippen LogP contribution in [0, 0.1) is 0 Å². The fourth-order valence-electron chi connectivity index (χ4n) is 2.76. The largest absolute Gasteiger partial charge is 0.465 e. The molecule has 1 amide bonds. The summed E-state index contributed by atoms with van der Waals surface area (Å²) in [6, 6.07) is 11.7. The minimum atomic E-state index is -0.576. The second-order valence-corrected chi connectivity index (χ2v) is 6.52. The number of esters is 1. The summed E-state index contributed by atoms with van der Waals surface area (Å²) in [7, 11) is 1.26. The number of rotatable bonds is 6. The summed E-state index contributed by atoms with van der Waals surface area (Å²) in [5.74, 6) is -0.260. The fraction of sp³-hybridized carbons (Fsp3) is 0.200. The highest BCUT2D eigenvalue weighted by Gasteiger charge is 2.13. The van der Waals surface area contributed by atoms with E-state index in [1.165, 1.54) is 19.2 Å². The molecule has 144 valence electrons. The zero-order chi connectivity index (χ0) is 20.1. The monoisotopic (exact) mass is 399 g/mol. The van der Waals surface area contributed by atoms with Crippen molar-refractivity contribution in [2.24, 2.45) is 0 Å². The molecule has 0 saturated heterocycles. The van der Waals surface area contributed by atoms with Gasteiger partial charge in [-0.1, -0.05) is 23.7 Å². The van der Waals surface area contributed by atoms with Gasteiger partial charge in [-0.05, 0) is 36.8 Å². The summed E-state index contributed by atoms with van der Waals surface area (Å²) in [6.45, 7) is 0.